The Hall–Kier alpha value is -2.69. The van der Waals surface area contributed by atoms with E-state index in [1.165, 1.54) is 0 Å². The van der Waals surface area contributed by atoms with Crippen molar-refractivity contribution in [2.24, 2.45) is 0 Å². The second-order valence-electron chi connectivity index (χ2n) is 4.91. The van der Waals surface area contributed by atoms with Gasteiger partial charge < -0.3 is 15.4 Å². The summed E-state index contributed by atoms with van der Waals surface area (Å²) in [5.41, 5.74) is 4.08. The minimum atomic E-state index is -0.0733. The van der Waals surface area contributed by atoms with Crippen LogP contribution in [0.4, 0.5) is 5.82 Å². The normalized spacial score (nSPS) is 15.9. The number of amides is 1. The molecule has 3 rings (SSSR count). The summed E-state index contributed by atoms with van der Waals surface area (Å²) >= 11 is 0. The first kappa shape index (κ1) is 13.3. The second kappa shape index (κ2) is 5.75. The molecular formula is C16H15N3O2. The van der Waals surface area contributed by atoms with Crippen LogP contribution in [0.15, 0.2) is 36.5 Å². The molecular weight excluding hydrogens is 266 g/mol. The highest BCUT2D eigenvalue weighted by Gasteiger charge is 2.26. The molecule has 1 aliphatic rings. The molecule has 0 spiro atoms. The third kappa shape index (κ3) is 2.50. The topological polar surface area (TPSA) is 71.1 Å². The van der Waals surface area contributed by atoms with Crippen LogP contribution in [-0.4, -0.2) is 24.2 Å². The summed E-state index contributed by atoms with van der Waals surface area (Å²) in [4.78, 5) is 25.6. The predicted molar refractivity (Wildman–Crippen MR) is 79.9 cm³/mol. The van der Waals surface area contributed by atoms with Crippen LogP contribution in [0.3, 0.4) is 0 Å². The molecule has 0 saturated heterocycles. The Labute approximate surface area is 122 Å². The van der Waals surface area contributed by atoms with Gasteiger partial charge in [0.1, 0.15) is 12.1 Å². The van der Waals surface area contributed by atoms with Gasteiger partial charge in [0.15, 0.2) is 0 Å². The maximum Gasteiger partial charge on any atom is 0.207 e. The van der Waals surface area contributed by atoms with Crippen molar-refractivity contribution in [2.45, 2.75) is 12.5 Å². The van der Waals surface area contributed by atoms with Gasteiger partial charge in [-0.15, -0.1) is 0 Å². The van der Waals surface area contributed by atoms with E-state index < -0.39 is 0 Å². The van der Waals surface area contributed by atoms with Crippen LogP contribution in [0.5, 0.6) is 0 Å². The number of nitrogens with one attached hydrogen (secondary N) is 2. The summed E-state index contributed by atoms with van der Waals surface area (Å²) in [6.45, 7) is 0.640. The molecule has 2 heterocycles. The monoisotopic (exact) mass is 281 g/mol. The molecule has 2 aromatic rings. The molecule has 0 radical (unpaired) electrons. The average Bonchev–Trinajstić information content (AvgIpc) is 2.92. The summed E-state index contributed by atoms with van der Waals surface area (Å²) in [7, 11) is 0. The number of fused-ring (bicyclic) bond motifs is 1. The molecule has 1 atom stereocenters. The number of aromatic nitrogens is 1. The van der Waals surface area contributed by atoms with Crippen molar-refractivity contribution in [1.29, 1.82) is 0 Å². The van der Waals surface area contributed by atoms with E-state index in [0.717, 1.165) is 34.4 Å². The van der Waals surface area contributed by atoms with Gasteiger partial charge in [-0.3, -0.25) is 4.79 Å². The molecule has 0 saturated carbocycles. The van der Waals surface area contributed by atoms with Gasteiger partial charge >= 0.3 is 0 Å². The Bertz CT molecular complexity index is 668. The molecule has 0 fully saturated rings. The second-order valence-corrected chi connectivity index (χ2v) is 4.91. The number of carbonyl (C=O) groups excluding carboxylic acids is 2. The molecule has 1 aromatic carbocycles. The number of aldehydes is 1. The Balaban J connectivity index is 2.01. The number of pyridine rings is 1. The minimum Gasteiger partial charge on any atom is -0.367 e. The highest BCUT2D eigenvalue weighted by Crippen LogP contribution is 2.36. The maximum absolute atomic E-state index is 10.7. The number of hydrogen-bond donors (Lipinski definition) is 2. The molecule has 1 unspecified atom stereocenters. The number of rotatable bonds is 5. The van der Waals surface area contributed by atoms with Gasteiger partial charge in [-0.2, -0.15) is 0 Å². The smallest absolute Gasteiger partial charge is 0.207 e. The van der Waals surface area contributed by atoms with Gasteiger partial charge in [0.2, 0.25) is 6.41 Å². The molecule has 21 heavy (non-hydrogen) atoms. The van der Waals surface area contributed by atoms with Gasteiger partial charge in [-0.25, -0.2) is 4.98 Å². The third-order valence-corrected chi connectivity index (χ3v) is 3.67. The number of nitrogens with zero attached hydrogens (tertiary/aromatic N) is 1. The molecule has 1 amide bonds. The Morgan fingerprint density at radius 3 is 2.76 bits per heavy atom. The van der Waals surface area contributed by atoms with Crippen molar-refractivity contribution >= 4 is 18.5 Å². The lowest BCUT2D eigenvalue weighted by Gasteiger charge is -2.13. The van der Waals surface area contributed by atoms with Crippen molar-refractivity contribution in [2.75, 3.05) is 11.9 Å². The molecule has 0 aliphatic carbocycles. The summed E-state index contributed by atoms with van der Waals surface area (Å²) in [6.07, 6.45) is 3.79. The molecule has 1 aliphatic heterocycles. The van der Waals surface area contributed by atoms with E-state index in [4.69, 9.17) is 0 Å². The Morgan fingerprint density at radius 1 is 1.24 bits per heavy atom. The highest BCUT2D eigenvalue weighted by molar-refractivity contribution is 5.75. The van der Waals surface area contributed by atoms with Crippen LogP contribution < -0.4 is 10.6 Å². The van der Waals surface area contributed by atoms with E-state index >= 15 is 0 Å². The first-order chi connectivity index (χ1) is 10.3. The van der Waals surface area contributed by atoms with Gasteiger partial charge in [0.05, 0.1) is 6.04 Å². The summed E-state index contributed by atoms with van der Waals surface area (Å²) in [5, 5.41) is 6.01. The van der Waals surface area contributed by atoms with E-state index in [0.29, 0.717) is 19.4 Å². The zero-order valence-corrected chi connectivity index (χ0v) is 11.4. The zero-order chi connectivity index (χ0) is 14.7. The molecule has 1 aromatic heterocycles. The lowest BCUT2D eigenvalue weighted by molar-refractivity contribution is -0.110. The van der Waals surface area contributed by atoms with Crippen LogP contribution in [0.1, 0.15) is 17.2 Å². The van der Waals surface area contributed by atoms with Crippen LogP contribution in [-0.2, 0) is 16.0 Å². The van der Waals surface area contributed by atoms with E-state index in [2.05, 4.69) is 15.6 Å². The zero-order valence-electron chi connectivity index (χ0n) is 11.4. The number of hydrogen-bond acceptors (Lipinski definition) is 4. The molecule has 5 heteroatoms. The van der Waals surface area contributed by atoms with Gasteiger partial charge in [-0.05, 0) is 22.8 Å². The van der Waals surface area contributed by atoms with Crippen molar-refractivity contribution in [1.82, 2.24) is 10.3 Å². The van der Waals surface area contributed by atoms with Gasteiger partial charge in [0, 0.05) is 24.7 Å². The SMILES string of the molecule is O=CCc1ccc(-c2ccnc3c2C(NC=O)CN3)cc1. The van der Waals surface area contributed by atoms with Crippen LogP contribution in [0.25, 0.3) is 11.1 Å². The highest BCUT2D eigenvalue weighted by atomic mass is 16.1. The molecule has 106 valence electrons. The van der Waals surface area contributed by atoms with Crippen molar-refractivity contribution < 1.29 is 9.59 Å². The fraction of sp³-hybridized carbons (Fsp3) is 0.188. The minimum absolute atomic E-state index is 0.0733. The lowest BCUT2D eigenvalue weighted by Crippen LogP contribution is -2.21. The number of anilines is 1. The van der Waals surface area contributed by atoms with E-state index in [-0.39, 0.29) is 6.04 Å². The predicted octanol–water partition coefficient (Wildman–Crippen LogP) is 1.70. The number of benzene rings is 1. The molecule has 0 bridgehead atoms. The fourth-order valence-corrected chi connectivity index (χ4v) is 2.66. The average molecular weight is 281 g/mol. The van der Waals surface area contributed by atoms with Crippen molar-refractivity contribution in [3.63, 3.8) is 0 Å². The van der Waals surface area contributed by atoms with Gasteiger partial charge in [-0.1, -0.05) is 24.3 Å². The summed E-state index contributed by atoms with van der Waals surface area (Å²) < 4.78 is 0. The standard InChI is InChI=1S/C16H15N3O2/c20-8-6-11-1-3-12(4-2-11)13-5-7-17-16-15(13)14(9-18-16)19-10-21/h1-5,7-8,10,14H,6,9H2,(H,17,18)(H,19,21). The van der Waals surface area contributed by atoms with E-state index in [1.807, 2.05) is 30.3 Å². The summed E-state index contributed by atoms with van der Waals surface area (Å²) in [5.74, 6) is 0.809. The summed E-state index contributed by atoms with van der Waals surface area (Å²) in [6, 6.07) is 9.74. The van der Waals surface area contributed by atoms with Crippen LogP contribution in [0.2, 0.25) is 0 Å². The molecule has 5 nitrogen and oxygen atoms in total. The Kier molecular flexibility index (Phi) is 3.64. The van der Waals surface area contributed by atoms with Crippen molar-refractivity contribution in [3.05, 3.63) is 47.7 Å². The van der Waals surface area contributed by atoms with Crippen LogP contribution in [0, 0.1) is 0 Å². The Morgan fingerprint density at radius 2 is 2.05 bits per heavy atom. The van der Waals surface area contributed by atoms with Crippen molar-refractivity contribution in [3.8, 4) is 11.1 Å². The number of carbonyl (C=O) groups is 2. The lowest BCUT2D eigenvalue weighted by atomic mass is 9.96. The van der Waals surface area contributed by atoms with Gasteiger partial charge in [0.25, 0.3) is 0 Å². The maximum atomic E-state index is 10.7. The van der Waals surface area contributed by atoms with E-state index in [1.54, 1.807) is 6.20 Å². The fourth-order valence-electron chi connectivity index (χ4n) is 2.66. The third-order valence-electron chi connectivity index (χ3n) is 3.67. The first-order valence-corrected chi connectivity index (χ1v) is 6.79. The largest absolute Gasteiger partial charge is 0.367 e. The quantitative estimate of drug-likeness (QED) is 0.818. The first-order valence-electron chi connectivity index (χ1n) is 6.79. The van der Waals surface area contributed by atoms with Crippen LogP contribution >= 0.6 is 0 Å². The van der Waals surface area contributed by atoms with E-state index in [9.17, 15) is 9.59 Å². The molecule has 2 N–H and O–H groups in total.